The van der Waals surface area contributed by atoms with Crippen molar-refractivity contribution >= 4 is 16.8 Å². The van der Waals surface area contributed by atoms with Crippen LogP contribution in [0, 0.1) is 0 Å². The average molecular weight is 340 g/mol. The van der Waals surface area contributed by atoms with E-state index < -0.39 is 24.2 Å². The van der Waals surface area contributed by atoms with Gasteiger partial charge in [-0.15, -0.1) is 0 Å². The largest absolute Gasteiger partial charge is 0.411 e. The van der Waals surface area contributed by atoms with E-state index in [4.69, 9.17) is 4.74 Å². The molecule has 0 spiro atoms. The summed E-state index contributed by atoms with van der Waals surface area (Å²) in [5, 5.41) is 0.994. The van der Waals surface area contributed by atoms with E-state index >= 15 is 0 Å². The van der Waals surface area contributed by atoms with E-state index in [0.29, 0.717) is 6.42 Å². The second-order valence-corrected chi connectivity index (χ2v) is 6.01. The predicted octanol–water partition coefficient (Wildman–Crippen LogP) is 3.28. The van der Waals surface area contributed by atoms with Crippen LogP contribution < -0.4 is 0 Å². The molecular weight excluding hydrogens is 321 g/mol. The molecule has 0 unspecified atom stereocenters. The number of amides is 1. The van der Waals surface area contributed by atoms with Crippen molar-refractivity contribution in [3.63, 3.8) is 0 Å². The molecule has 0 bridgehead atoms. The van der Waals surface area contributed by atoms with Gasteiger partial charge in [0.2, 0.25) is 5.91 Å². The van der Waals surface area contributed by atoms with Crippen LogP contribution in [0.2, 0.25) is 0 Å². The summed E-state index contributed by atoms with van der Waals surface area (Å²) < 4.78 is 44.8. The number of nitrogens with zero attached hydrogens (tertiary/aromatic N) is 1. The number of nitrogens with one attached hydrogen (secondary N) is 1. The summed E-state index contributed by atoms with van der Waals surface area (Å²) >= 11 is 0. The molecule has 3 rings (SSSR count). The summed E-state index contributed by atoms with van der Waals surface area (Å²) in [4.78, 5) is 16.4. The van der Waals surface area contributed by atoms with Crippen LogP contribution in [0.1, 0.15) is 18.9 Å². The number of fused-ring (bicyclic) bond motifs is 1. The Labute approximate surface area is 137 Å². The second-order valence-electron chi connectivity index (χ2n) is 6.01. The molecule has 4 nitrogen and oxygen atoms in total. The van der Waals surface area contributed by atoms with E-state index in [1.54, 1.807) is 6.20 Å². The topological polar surface area (TPSA) is 45.3 Å². The third kappa shape index (κ3) is 3.26. The number of rotatable bonds is 3. The molecule has 1 N–H and O–H groups in total. The van der Waals surface area contributed by atoms with Crippen LogP contribution in [0.3, 0.4) is 0 Å². The first-order chi connectivity index (χ1) is 11.4. The lowest BCUT2D eigenvalue weighted by molar-refractivity contribution is -0.230. The predicted molar refractivity (Wildman–Crippen MR) is 83.6 cm³/mol. The lowest BCUT2D eigenvalue weighted by Gasteiger charge is -2.40. The summed E-state index contributed by atoms with van der Waals surface area (Å²) in [5.74, 6) is -0.488. The number of hydrogen-bond acceptors (Lipinski definition) is 2. The van der Waals surface area contributed by atoms with E-state index in [-0.39, 0.29) is 19.6 Å². The first-order valence-electron chi connectivity index (χ1n) is 7.90. The van der Waals surface area contributed by atoms with Crippen molar-refractivity contribution in [2.24, 2.45) is 0 Å². The molecule has 2 atom stereocenters. The van der Waals surface area contributed by atoms with Gasteiger partial charge >= 0.3 is 6.18 Å². The third-order valence-electron chi connectivity index (χ3n) is 4.43. The van der Waals surface area contributed by atoms with E-state index in [0.717, 1.165) is 21.4 Å². The van der Waals surface area contributed by atoms with E-state index in [9.17, 15) is 18.0 Å². The van der Waals surface area contributed by atoms with Gasteiger partial charge in [-0.2, -0.15) is 13.2 Å². The number of aromatic amines is 1. The Morgan fingerprint density at radius 2 is 2.12 bits per heavy atom. The van der Waals surface area contributed by atoms with Gasteiger partial charge in [-0.25, -0.2) is 0 Å². The molecule has 0 saturated carbocycles. The smallest absolute Gasteiger partial charge is 0.374 e. The monoisotopic (exact) mass is 340 g/mol. The fourth-order valence-corrected chi connectivity index (χ4v) is 3.27. The third-order valence-corrected chi connectivity index (χ3v) is 4.43. The van der Waals surface area contributed by atoms with Gasteiger partial charge in [-0.05, 0) is 25.0 Å². The molecule has 7 heteroatoms. The van der Waals surface area contributed by atoms with Crippen molar-refractivity contribution in [2.75, 3.05) is 13.2 Å². The molecule has 130 valence electrons. The zero-order valence-corrected chi connectivity index (χ0v) is 13.3. The van der Waals surface area contributed by atoms with E-state index in [1.165, 1.54) is 6.92 Å². The minimum absolute atomic E-state index is 0.0266. The Morgan fingerprint density at radius 3 is 2.88 bits per heavy atom. The summed E-state index contributed by atoms with van der Waals surface area (Å²) in [6.45, 7) is 1.46. The van der Waals surface area contributed by atoms with Gasteiger partial charge in [0.15, 0.2) is 6.04 Å². The van der Waals surface area contributed by atoms with Gasteiger partial charge in [0, 0.05) is 30.1 Å². The van der Waals surface area contributed by atoms with Crippen LogP contribution >= 0.6 is 0 Å². The fraction of sp³-hybridized carbons (Fsp3) is 0.471. The van der Waals surface area contributed by atoms with Crippen molar-refractivity contribution < 1.29 is 22.7 Å². The minimum Gasteiger partial charge on any atom is -0.374 e. The van der Waals surface area contributed by atoms with Crippen molar-refractivity contribution in [1.82, 2.24) is 9.88 Å². The highest BCUT2D eigenvalue weighted by molar-refractivity contribution is 5.84. The number of carbonyl (C=O) groups is 1. The van der Waals surface area contributed by atoms with Gasteiger partial charge in [-0.3, -0.25) is 4.79 Å². The molecule has 1 saturated heterocycles. The normalized spacial score (nSPS) is 22.1. The van der Waals surface area contributed by atoms with Crippen LogP contribution in [0.4, 0.5) is 13.2 Å². The number of halogens is 3. The van der Waals surface area contributed by atoms with Crippen molar-refractivity contribution in [3.05, 3.63) is 36.0 Å². The standard InChI is InChI=1S/C17H19F3N2O2/c1-11-16(17(18,19)20)22(8-9-24-11)15(23)7-6-12-10-21-14-5-3-2-4-13(12)14/h2-5,10-11,16,21H,6-9H2,1H3/t11-,16-/m0/s1. The van der Waals surface area contributed by atoms with E-state index in [1.807, 2.05) is 24.3 Å². The summed E-state index contributed by atoms with van der Waals surface area (Å²) in [7, 11) is 0. The number of carbonyl (C=O) groups excluding carboxylic acids is 1. The summed E-state index contributed by atoms with van der Waals surface area (Å²) in [6, 6.07) is 5.77. The van der Waals surface area contributed by atoms with E-state index in [2.05, 4.69) is 4.98 Å². The molecule has 1 aromatic carbocycles. The Bertz CT molecular complexity index is 726. The van der Waals surface area contributed by atoms with Gasteiger partial charge in [0.1, 0.15) is 0 Å². The zero-order valence-electron chi connectivity index (χ0n) is 13.3. The zero-order chi connectivity index (χ0) is 17.3. The SMILES string of the molecule is C[C@@H]1OCCN(C(=O)CCc2c[nH]c3ccccc23)[C@@H]1C(F)(F)F. The molecule has 24 heavy (non-hydrogen) atoms. The summed E-state index contributed by atoms with van der Waals surface area (Å²) in [5.41, 5.74) is 1.89. The number of hydrogen-bond donors (Lipinski definition) is 1. The first-order valence-corrected chi connectivity index (χ1v) is 7.90. The maximum atomic E-state index is 13.2. The number of morpholine rings is 1. The first kappa shape index (κ1) is 16.8. The fourth-order valence-electron chi connectivity index (χ4n) is 3.27. The Morgan fingerprint density at radius 1 is 1.38 bits per heavy atom. The number of H-pyrrole nitrogens is 1. The van der Waals surface area contributed by atoms with Gasteiger partial charge in [0.05, 0.1) is 12.7 Å². The lowest BCUT2D eigenvalue weighted by Crippen LogP contribution is -2.59. The van der Waals surface area contributed by atoms with Crippen molar-refractivity contribution in [3.8, 4) is 0 Å². The molecule has 1 fully saturated rings. The molecule has 1 amide bonds. The maximum absolute atomic E-state index is 13.2. The molecular formula is C17H19F3N2O2. The Balaban J connectivity index is 1.71. The number of aromatic nitrogens is 1. The van der Waals surface area contributed by atoms with Crippen molar-refractivity contribution in [1.29, 1.82) is 0 Å². The van der Waals surface area contributed by atoms with Crippen molar-refractivity contribution in [2.45, 2.75) is 38.1 Å². The van der Waals surface area contributed by atoms with Gasteiger partial charge in [0.25, 0.3) is 0 Å². The molecule has 1 aliphatic heterocycles. The molecule has 1 aliphatic rings. The number of benzene rings is 1. The van der Waals surface area contributed by atoms with Crippen LogP contribution in [0.25, 0.3) is 10.9 Å². The Kier molecular flexibility index (Phi) is 4.54. The number of para-hydroxylation sites is 1. The molecule has 0 aliphatic carbocycles. The van der Waals surface area contributed by atoms with Gasteiger partial charge in [-0.1, -0.05) is 18.2 Å². The Hall–Kier alpha value is -2.02. The van der Waals surface area contributed by atoms with Crippen LogP contribution in [-0.2, 0) is 16.0 Å². The molecule has 2 aromatic rings. The molecule has 1 aromatic heterocycles. The highest BCUT2D eigenvalue weighted by atomic mass is 19.4. The van der Waals surface area contributed by atoms with Crippen LogP contribution in [0.5, 0.6) is 0 Å². The minimum atomic E-state index is -4.49. The lowest BCUT2D eigenvalue weighted by atomic mass is 10.0. The second kappa shape index (κ2) is 6.47. The van der Waals surface area contributed by atoms with Crippen LogP contribution in [-0.4, -0.2) is 47.3 Å². The molecule has 0 radical (unpaired) electrons. The molecule has 2 heterocycles. The van der Waals surface area contributed by atoms with Crippen LogP contribution in [0.15, 0.2) is 30.5 Å². The number of ether oxygens (including phenoxy) is 1. The number of alkyl halides is 3. The number of aryl methyl sites for hydroxylation is 1. The average Bonchev–Trinajstić information content (AvgIpc) is 2.94. The van der Waals surface area contributed by atoms with Gasteiger partial charge < -0.3 is 14.6 Å². The maximum Gasteiger partial charge on any atom is 0.411 e. The quantitative estimate of drug-likeness (QED) is 0.932. The summed E-state index contributed by atoms with van der Waals surface area (Å²) in [6.07, 6.45) is -3.28. The highest BCUT2D eigenvalue weighted by Gasteiger charge is 2.50. The highest BCUT2D eigenvalue weighted by Crippen LogP contribution is 2.31.